The van der Waals surface area contributed by atoms with Gasteiger partial charge in [-0.15, -0.1) is 0 Å². The second kappa shape index (κ2) is 10.0. The average Bonchev–Trinajstić information content (AvgIpc) is 2.75. The number of carboxylic acid groups (broad SMARTS) is 2. The zero-order valence-corrected chi connectivity index (χ0v) is 17.3. The van der Waals surface area contributed by atoms with Crippen LogP contribution >= 0.6 is 0 Å². The van der Waals surface area contributed by atoms with Crippen molar-refractivity contribution >= 4 is 21.8 Å². The van der Waals surface area contributed by atoms with Crippen LogP contribution in [-0.2, 0) is 19.4 Å². The van der Waals surface area contributed by atoms with E-state index in [0.29, 0.717) is 24.6 Å². The summed E-state index contributed by atoms with van der Waals surface area (Å²) >= 11 is 0. The van der Waals surface area contributed by atoms with Crippen LogP contribution in [-0.4, -0.2) is 54.6 Å². The average molecular weight is 475 g/mol. The van der Waals surface area contributed by atoms with E-state index in [1.54, 1.807) is 12.1 Å². The molecule has 174 valence electrons. The summed E-state index contributed by atoms with van der Waals surface area (Å²) in [7, 11) is -4.01. The van der Waals surface area contributed by atoms with E-state index >= 15 is 0 Å². The summed E-state index contributed by atoms with van der Waals surface area (Å²) in [6.45, 7) is 0.724. The lowest BCUT2D eigenvalue weighted by Crippen LogP contribution is -2.53. The van der Waals surface area contributed by atoms with Crippen molar-refractivity contribution in [3.63, 3.8) is 0 Å². The third-order valence-electron chi connectivity index (χ3n) is 4.67. The number of aliphatic carboxylic acids is 2. The van der Waals surface area contributed by atoms with Crippen LogP contribution in [0.4, 0.5) is 13.2 Å². The van der Waals surface area contributed by atoms with E-state index in [4.69, 9.17) is 14.6 Å². The van der Waals surface area contributed by atoms with E-state index in [2.05, 4.69) is 5.32 Å². The number of hydrogen-bond donors (Lipinski definition) is 3. The number of ether oxygens (including phenoxy) is 1. The molecule has 0 bridgehead atoms. The topological polar surface area (TPSA) is 130 Å². The SMILES string of the molecule is O=C(O)C(F)(F)F.O=C(O)C1(S(=O)(=O)c2ccc(Oc3ccccc3)cc2)CCNCC1. The first-order valence-corrected chi connectivity index (χ1v) is 10.7. The van der Waals surface area contributed by atoms with Crippen LogP contribution in [0.1, 0.15) is 12.8 Å². The van der Waals surface area contributed by atoms with E-state index in [1.807, 2.05) is 18.2 Å². The molecule has 0 saturated carbocycles. The monoisotopic (exact) mass is 475 g/mol. The Morgan fingerprint density at radius 2 is 1.38 bits per heavy atom. The molecule has 3 N–H and O–H groups in total. The van der Waals surface area contributed by atoms with Gasteiger partial charge >= 0.3 is 18.1 Å². The first-order valence-electron chi connectivity index (χ1n) is 9.22. The standard InChI is InChI=1S/C18H19NO5S.C2HF3O2/c20-17(21)18(10-12-19-13-11-18)25(22,23)16-8-6-15(7-9-16)24-14-4-2-1-3-5-14;3-2(4,5)1(6)7/h1-9,19H,10-13H2,(H,20,21);(H,6,7). The maximum absolute atomic E-state index is 13.0. The highest BCUT2D eigenvalue weighted by atomic mass is 32.2. The molecular formula is C20H20F3NO7S. The van der Waals surface area contributed by atoms with Gasteiger partial charge in [-0.2, -0.15) is 13.2 Å². The third-order valence-corrected chi connectivity index (χ3v) is 7.18. The Bertz CT molecular complexity index is 1030. The largest absolute Gasteiger partial charge is 0.490 e. The van der Waals surface area contributed by atoms with Crippen LogP contribution in [0.25, 0.3) is 0 Å². The normalized spacial score (nSPS) is 15.7. The van der Waals surface area contributed by atoms with Gasteiger partial charge in [0.05, 0.1) is 4.90 Å². The van der Waals surface area contributed by atoms with E-state index in [9.17, 15) is 31.5 Å². The maximum atomic E-state index is 13.0. The number of halogens is 3. The Morgan fingerprint density at radius 1 is 0.906 bits per heavy atom. The Balaban J connectivity index is 0.000000451. The van der Waals surface area contributed by atoms with Crippen molar-refractivity contribution in [2.75, 3.05) is 13.1 Å². The van der Waals surface area contributed by atoms with Crippen LogP contribution < -0.4 is 10.1 Å². The number of benzene rings is 2. The first-order chi connectivity index (χ1) is 14.9. The Kier molecular flexibility index (Phi) is 7.86. The van der Waals surface area contributed by atoms with Gasteiger partial charge in [0.1, 0.15) is 11.5 Å². The summed E-state index contributed by atoms with van der Waals surface area (Å²) in [5.74, 6) is -2.93. The minimum atomic E-state index is -5.08. The summed E-state index contributed by atoms with van der Waals surface area (Å²) in [5, 5.41) is 19.7. The number of carboxylic acids is 2. The summed E-state index contributed by atoms with van der Waals surface area (Å²) in [6.07, 6.45) is -4.99. The molecule has 0 aromatic heterocycles. The van der Waals surface area contributed by atoms with Crippen LogP contribution in [0.5, 0.6) is 11.5 Å². The summed E-state index contributed by atoms with van der Waals surface area (Å²) in [4.78, 5) is 20.7. The molecule has 0 atom stereocenters. The van der Waals surface area contributed by atoms with Crippen molar-refractivity contribution < 1.29 is 46.1 Å². The van der Waals surface area contributed by atoms with Crippen LogP contribution in [0.3, 0.4) is 0 Å². The van der Waals surface area contributed by atoms with Gasteiger partial charge in [-0.05, 0) is 62.3 Å². The molecule has 0 unspecified atom stereocenters. The number of rotatable bonds is 5. The molecule has 12 heteroatoms. The molecule has 0 amide bonds. The lowest BCUT2D eigenvalue weighted by molar-refractivity contribution is -0.192. The van der Waals surface area contributed by atoms with Gasteiger partial charge in [0, 0.05) is 0 Å². The molecule has 0 spiro atoms. The minimum absolute atomic E-state index is 0.00258. The number of para-hydroxylation sites is 1. The van der Waals surface area contributed by atoms with Crippen molar-refractivity contribution in [2.24, 2.45) is 0 Å². The molecule has 2 aromatic rings. The van der Waals surface area contributed by atoms with Gasteiger partial charge in [0.25, 0.3) is 0 Å². The zero-order valence-electron chi connectivity index (χ0n) is 16.5. The fraction of sp³-hybridized carbons (Fsp3) is 0.300. The fourth-order valence-corrected chi connectivity index (χ4v) is 4.88. The second-order valence-electron chi connectivity index (χ2n) is 6.74. The zero-order chi connectivity index (χ0) is 24.0. The number of nitrogens with one attached hydrogen (secondary N) is 1. The van der Waals surface area contributed by atoms with Crippen molar-refractivity contribution in [2.45, 2.75) is 28.7 Å². The summed E-state index contributed by atoms with van der Waals surface area (Å²) in [5.41, 5.74) is 0. The first kappa shape index (κ1) is 25.1. The van der Waals surface area contributed by atoms with Gasteiger partial charge in [0.15, 0.2) is 14.6 Å². The van der Waals surface area contributed by atoms with Gasteiger partial charge in [0.2, 0.25) is 0 Å². The molecule has 0 radical (unpaired) electrons. The van der Waals surface area contributed by atoms with Gasteiger partial charge in [-0.25, -0.2) is 13.2 Å². The van der Waals surface area contributed by atoms with Crippen molar-refractivity contribution in [3.8, 4) is 11.5 Å². The van der Waals surface area contributed by atoms with E-state index < -0.39 is 32.7 Å². The molecule has 1 fully saturated rings. The highest BCUT2D eigenvalue weighted by Gasteiger charge is 2.52. The third kappa shape index (κ3) is 5.77. The molecule has 32 heavy (non-hydrogen) atoms. The predicted molar refractivity (Wildman–Crippen MR) is 106 cm³/mol. The molecule has 1 aliphatic heterocycles. The lowest BCUT2D eigenvalue weighted by atomic mass is 9.97. The van der Waals surface area contributed by atoms with Crippen LogP contribution in [0.2, 0.25) is 0 Å². The number of sulfone groups is 1. The molecule has 0 aliphatic carbocycles. The summed E-state index contributed by atoms with van der Waals surface area (Å²) in [6, 6.07) is 15.0. The van der Waals surface area contributed by atoms with E-state index in [0.717, 1.165) is 0 Å². The molecule has 2 aromatic carbocycles. The molecule has 1 heterocycles. The Morgan fingerprint density at radius 3 is 1.81 bits per heavy atom. The highest BCUT2D eigenvalue weighted by Crippen LogP contribution is 2.35. The molecule has 3 rings (SSSR count). The van der Waals surface area contributed by atoms with Crippen LogP contribution in [0, 0.1) is 0 Å². The van der Waals surface area contributed by atoms with Gasteiger partial charge < -0.3 is 20.3 Å². The van der Waals surface area contributed by atoms with E-state index in [-0.39, 0.29) is 17.7 Å². The highest BCUT2D eigenvalue weighted by molar-refractivity contribution is 7.93. The van der Waals surface area contributed by atoms with E-state index in [1.165, 1.54) is 24.3 Å². The number of carbonyl (C=O) groups is 2. The van der Waals surface area contributed by atoms with Crippen molar-refractivity contribution in [1.29, 1.82) is 0 Å². The second-order valence-corrected chi connectivity index (χ2v) is 9.00. The fourth-order valence-electron chi connectivity index (χ4n) is 2.97. The number of alkyl halides is 3. The lowest BCUT2D eigenvalue weighted by Gasteiger charge is -2.33. The van der Waals surface area contributed by atoms with Gasteiger partial charge in [-0.1, -0.05) is 18.2 Å². The predicted octanol–water partition coefficient (Wildman–Crippen LogP) is 3.09. The minimum Gasteiger partial charge on any atom is -0.480 e. The maximum Gasteiger partial charge on any atom is 0.490 e. The molecule has 1 saturated heterocycles. The Hall–Kier alpha value is -3.12. The molecule has 8 nitrogen and oxygen atoms in total. The molecular weight excluding hydrogens is 455 g/mol. The number of hydrogen-bond acceptors (Lipinski definition) is 6. The quantitative estimate of drug-likeness (QED) is 0.602. The van der Waals surface area contributed by atoms with Crippen molar-refractivity contribution in [1.82, 2.24) is 5.32 Å². The smallest absolute Gasteiger partial charge is 0.480 e. The Labute approximate surface area is 181 Å². The summed E-state index contributed by atoms with van der Waals surface area (Å²) < 4.78 is 61.5. The van der Waals surface area contributed by atoms with Crippen LogP contribution in [0.15, 0.2) is 59.5 Å². The molecule has 1 aliphatic rings. The van der Waals surface area contributed by atoms with Gasteiger partial charge in [-0.3, -0.25) is 4.79 Å². The van der Waals surface area contributed by atoms with Crippen molar-refractivity contribution in [3.05, 3.63) is 54.6 Å². The number of piperidine rings is 1.